The summed E-state index contributed by atoms with van der Waals surface area (Å²) in [4.78, 5) is 6.80. The van der Waals surface area contributed by atoms with Gasteiger partial charge in [0.15, 0.2) is 5.82 Å². The lowest BCUT2D eigenvalue weighted by molar-refractivity contribution is 0.189. The van der Waals surface area contributed by atoms with Crippen LogP contribution < -0.4 is 4.74 Å². The number of nitrogens with zero attached hydrogens (tertiary/aromatic N) is 3. The zero-order chi connectivity index (χ0) is 16.2. The molecular formula is C18H23N3O2. The highest BCUT2D eigenvalue weighted by molar-refractivity contribution is 5.67. The molecule has 0 N–H and O–H groups in total. The van der Waals surface area contributed by atoms with Crippen molar-refractivity contribution in [3.8, 4) is 5.75 Å². The first-order chi connectivity index (χ1) is 11.2. The van der Waals surface area contributed by atoms with Gasteiger partial charge in [-0.3, -0.25) is 4.90 Å². The van der Waals surface area contributed by atoms with Crippen LogP contribution in [-0.4, -0.2) is 35.2 Å². The minimum atomic E-state index is 0.144. The van der Waals surface area contributed by atoms with Crippen LogP contribution in [0.5, 0.6) is 5.75 Å². The van der Waals surface area contributed by atoms with Crippen LogP contribution in [0, 0.1) is 0 Å². The Labute approximate surface area is 137 Å². The van der Waals surface area contributed by atoms with E-state index >= 15 is 0 Å². The van der Waals surface area contributed by atoms with Gasteiger partial charge in [0.1, 0.15) is 5.75 Å². The quantitative estimate of drug-likeness (QED) is 0.845. The minimum absolute atomic E-state index is 0.144. The van der Waals surface area contributed by atoms with Crippen LogP contribution in [0.1, 0.15) is 43.6 Å². The molecule has 1 aromatic heterocycles. The minimum Gasteiger partial charge on any atom is -0.497 e. The van der Waals surface area contributed by atoms with Gasteiger partial charge in [-0.2, -0.15) is 4.98 Å². The summed E-state index contributed by atoms with van der Waals surface area (Å²) in [6.07, 6.45) is 4.09. The number of ether oxygens (including phenoxy) is 1. The van der Waals surface area contributed by atoms with Crippen molar-refractivity contribution >= 4 is 5.57 Å². The van der Waals surface area contributed by atoms with E-state index in [0.717, 1.165) is 37.5 Å². The van der Waals surface area contributed by atoms with E-state index < -0.39 is 0 Å². The highest BCUT2D eigenvalue weighted by Gasteiger charge is 2.23. The van der Waals surface area contributed by atoms with E-state index in [0.29, 0.717) is 5.89 Å². The van der Waals surface area contributed by atoms with Crippen molar-refractivity contribution in [2.24, 2.45) is 0 Å². The molecule has 0 spiro atoms. The van der Waals surface area contributed by atoms with Gasteiger partial charge in [-0.1, -0.05) is 30.3 Å². The van der Waals surface area contributed by atoms with Gasteiger partial charge >= 0.3 is 0 Å². The fourth-order valence-electron chi connectivity index (χ4n) is 2.86. The smallest absolute Gasteiger partial charge is 0.243 e. The number of benzene rings is 1. The molecule has 0 saturated heterocycles. The maximum atomic E-state index is 5.37. The topological polar surface area (TPSA) is 51.4 Å². The van der Waals surface area contributed by atoms with E-state index in [1.807, 2.05) is 19.1 Å². The van der Waals surface area contributed by atoms with Crippen LogP contribution in [0.15, 0.2) is 34.9 Å². The number of hydrogen-bond donors (Lipinski definition) is 0. The zero-order valence-electron chi connectivity index (χ0n) is 14.0. The number of methoxy groups -OCH3 is 1. The van der Waals surface area contributed by atoms with Crippen molar-refractivity contribution in [2.75, 3.05) is 20.2 Å². The highest BCUT2D eigenvalue weighted by atomic mass is 16.5. The molecule has 5 heteroatoms. The van der Waals surface area contributed by atoms with E-state index in [9.17, 15) is 0 Å². The van der Waals surface area contributed by atoms with Crippen LogP contribution >= 0.6 is 0 Å². The predicted molar refractivity (Wildman–Crippen MR) is 89.3 cm³/mol. The molecule has 0 aliphatic carbocycles. The van der Waals surface area contributed by atoms with Gasteiger partial charge in [-0.25, -0.2) is 0 Å². The molecule has 0 saturated carbocycles. The molecule has 0 unspecified atom stereocenters. The average molecular weight is 313 g/mol. The number of hydrogen-bond acceptors (Lipinski definition) is 5. The molecular weight excluding hydrogens is 290 g/mol. The Bertz CT molecular complexity index is 693. The Balaban J connectivity index is 1.69. The summed E-state index contributed by atoms with van der Waals surface area (Å²) >= 11 is 0. The Hall–Kier alpha value is -2.14. The summed E-state index contributed by atoms with van der Waals surface area (Å²) in [5.74, 6) is 2.38. The summed E-state index contributed by atoms with van der Waals surface area (Å²) in [7, 11) is 1.70. The van der Waals surface area contributed by atoms with Crippen LogP contribution in [0.25, 0.3) is 5.57 Å². The Morgan fingerprint density at radius 3 is 2.91 bits per heavy atom. The maximum absolute atomic E-state index is 5.37. The van der Waals surface area contributed by atoms with Gasteiger partial charge in [0.05, 0.1) is 13.2 Å². The molecule has 122 valence electrons. The summed E-state index contributed by atoms with van der Waals surface area (Å²) in [6.45, 7) is 6.02. The van der Waals surface area contributed by atoms with E-state index in [4.69, 9.17) is 9.26 Å². The van der Waals surface area contributed by atoms with E-state index in [2.05, 4.69) is 40.2 Å². The lowest BCUT2D eigenvalue weighted by Gasteiger charge is -2.29. The summed E-state index contributed by atoms with van der Waals surface area (Å²) in [5.41, 5.74) is 2.61. The Morgan fingerprint density at radius 1 is 1.39 bits per heavy atom. The fraction of sp³-hybridized carbons (Fsp3) is 0.444. The van der Waals surface area contributed by atoms with Crippen molar-refractivity contribution < 1.29 is 9.26 Å². The summed E-state index contributed by atoms with van der Waals surface area (Å²) in [6, 6.07) is 8.39. The number of aromatic nitrogens is 2. The number of aryl methyl sites for hydroxylation is 1. The van der Waals surface area contributed by atoms with Crippen LogP contribution in [-0.2, 0) is 6.42 Å². The standard InChI is InChI=1S/C18H23N3O2/c1-4-17-19-18(23-20-17)13(2)21-10-8-14(9-11-21)15-6-5-7-16(12-15)22-3/h5-8,12-13H,4,9-11H2,1-3H3/t13-/m0/s1. The molecule has 2 heterocycles. The van der Waals surface area contributed by atoms with Gasteiger partial charge in [0, 0.05) is 19.5 Å². The second-order valence-corrected chi connectivity index (χ2v) is 5.78. The maximum Gasteiger partial charge on any atom is 0.243 e. The molecule has 2 aromatic rings. The van der Waals surface area contributed by atoms with Crippen LogP contribution in [0.2, 0.25) is 0 Å². The largest absolute Gasteiger partial charge is 0.497 e. The Kier molecular flexibility index (Phi) is 4.76. The van der Waals surface area contributed by atoms with Gasteiger partial charge in [0.25, 0.3) is 0 Å². The third kappa shape index (κ3) is 3.45. The van der Waals surface area contributed by atoms with Crippen LogP contribution in [0.3, 0.4) is 0 Å². The van der Waals surface area contributed by atoms with E-state index in [-0.39, 0.29) is 6.04 Å². The molecule has 0 radical (unpaired) electrons. The van der Waals surface area contributed by atoms with E-state index in [1.165, 1.54) is 11.1 Å². The molecule has 3 rings (SSSR count). The van der Waals surface area contributed by atoms with E-state index in [1.54, 1.807) is 7.11 Å². The first kappa shape index (κ1) is 15.7. The molecule has 1 atom stereocenters. The van der Waals surface area contributed by atoms with Gasteiger partial charge in [-0.15, -0.1) is 0 Å². The third-order valence-corrected chi connectivity index (χ3v) is 4.39. The molecule has 1 aliphatic heterocycles. The zero-order valence-corrected chi connectivity index (χ0v) is 14.0. The lowest BCUT2D eigenvalue weighted by Crippen LogP contribution is -2.31. The lowest BCUT2D eigenvalue weighted by atomic mass is 9.98. The van der Waals surface area contributed by atoms with Gasteiger partial charge < -0.3 is 9.26 Å². The first-order valence-corrected chi connectivity index (χ1v) is 8.11. The first-order valence-electron chi connectivity index (χ1n) is 8.11. The molecule has 0 fully saturated rings. The molecule has 1 aromatic carbocycles. The van der Waals surface area contributed by atoms with Crippen molar-refractivity contribution in [2.45, 2.75) is 32.7 Å². The van der Waals surface area contributed by atoms with Crippen molar-refractivity contribution in [1.82, 2.24) is 15.0 Å². The highest BCUT2D eigenvalue weighted by Crippen LogP contribution is 2.28. The number of rotatable bonds is 5. The SMILES string of the molecule is CCc1noc([C@H](C)N2CC=C(c3cccc(OC)c3)CC2)n1. The van der Waals surface area contributed by atoms with Gasteiger partial charge in [-0.05, 0) is 36.6 Å². The van der Waals surface area contributed by atoms with Gasteiger partial charge in [0.2, 0.25) is 5.89 Å². The fourth-order valence-corrected chi connectivity index (χ4v) is 2.86. The summed E-state index contributed by atoms with van der Waals surface area (Å²) < 4.78 is 10.7. The molecule has 23 heavy (non-hydrogen) atoms. The van der Waals surface area contributed by atoms with Crippen molar-refractivity contribution in [1.29, 1.82) is 0 Å². The molecule has 5 nitrogen and oxygen atoms in total. The van der Waals surface area contributed by atoms with Crippen molar-refractivity contribution in [3.05, 3.63) is 47.6 Å². The van der Waals surface area contributed by atoms with Crippen LogP contribution in [0.4, 0.5) is 0 Å². The molecule has 0 amide bonds. The third-order valence-electron chi connectivity index (χ3n) is 4.39. The average Bonchev–Trinajstić information content (AvgIpc) is 3.10. The molecule has 0 bridgehead atoms. The predicted octanol–water partition coefficient (Wildman–Crippen LogP) is 3.49. The van der Waals surface area contributed by atoms with Crippen molar-refractivity contribution in [3.63, 3.8) is 0 Å². The molecule has 1 aliphatic rings. The Morgan fingerprint density at radius 2 is 2.26 bits per heavy atom. The second-order valence-electron chi connectivity index (χ2n) is 5.78. The monoisotopic (exact) mass is 313 g/mol. The second kappa shape index (κ2) is 6.96. The summed E-state index contributed by atoms with van der Waals surface area (Å²) in [5, 5.41) is 3.99. The normalized spacial score (nSPS) is 16.9.